The Morgan fingerprint density at radius 2 is 1.75 bits per heavy atom. The van der Waals surface area contributed by atoms with Crippen LogP contribution < -0.4 is 0 Å². The molecule has 20 heavy (non-hydrogen) atoms. The Labute approximate surface area is 118 Å². The van der Waals surface area contributed by atoms with Gasteiger partial charge < -0.3 is 9.80 Å². The SMILES string of the molecule is CC(C)N1CCN(CC(=O)c2ccccc2)C(=O)C1=O. The highest BCUT2D eigenvalue weighted by molar-refractivity contribution is 6.35. The van der Waals surface area contributed by atoms with Crippen molar-refractivity contribution in [2.24, 2.45) is 0 Å². The maximum absolute atomic E-state index is 12.1. The summed E-state index contributed by atoms with van der Waals surface area (Å²) in [5.74, 6) is -1.26. The molecule has 1 aliphatic rings. The van der Waals surface area contributed by atoms with Crippen LogP contribution in [-0.4, -0.2) is 53.1 Å². The number of Topliss-reactive ketones (excluding diaryl/α,β-unsaturated/α-hetero) is 1. The fraction of sp³-hybridized carbons (Fsp3) is 0.400. The van der Waals surface area contributed by atoms with Gasteiger partial charge in [0.15, 0.2) is 5.78 Å². The molecule has 0 aromatic heterocycles. The number of carbonyl (C=O) groups is 3. The molecule has 0 unspecified atom stereocenters. The first-order valence-corrected chi connectivity index (χ1v) is 6.69. The number of piperazine rings is 1. The van der Waals surface area contributed by atoms with Gasteiger partial charge >= 0.3 is 11.8 Å². The van der Waals surface area contributed by atoms with E-state index < -0.39 is 11.8 Å². The molecule has 1 aromatic rings. The number of amides is 2. The molecule has 1 saturated heterocycles. The minimum absolute atomic E-state index is 0.00146. The molecule has 1 fully saturated rings. The molecule has 0 saturated carbocycles. The van der Waals surface area contributed by atoms with Crippen LogP contribution in [0.3, 0.4) is 0 Å². The summed E-state index contributed by atoms with van der Waals surface area (Å²) in [6.07, 6.45) is 0. The van der Waals surface area contributed by atoms with Crippen molar-refractivity contribution in [1.29, 1.82) is 0 Å². The summed E-state index contributed by atoms with van der Waals surface area (Å²) in [5, 5.41) is 0. The van der Waals surface area contributed by atoms with Crippen LogP contribution in [-0.2, 0) is 9.59 Å². The molecule has 5 heteroatoms. The summed E-state index contributed by atoms with van der Waals surface area (Å²) in [5.41, 5.74) is 0.555. The Morgan fingerprint density at radius 1 is 1.10 bits per heavy atom. The number of hydrogen-bond donors (Lipinski definition) is 0. The quantitative estimate of drug-likeness (QED) is 0.606. The van der Waals surface area contributed by atoms with Crippen LogP contribution in [0.25, 0.3) is 0 Å². The van der Waals surface area contributed by atoms with Crippen molar-refractivity contribution < 1.29 is 14.4 Å². The molecule has 2 amide bonds. The highest BCUT2D eigenvalue weighted by Gasteiger charge is 2.34. The van der Waals surface area contributed by atoms with Gasteiger partial charge in [-0.05, 0) is 13.8 Å². The van der Waals surface area contributed by atoms with Gasteiger partial charge in [-0.25, -0.2) is 0 Å². The fourth-order valence-electron chi connectivity index (χ4n) is 2.22. The second kappa shape index (κ2) is 5.86. The largest absolute Gasteiger partial charge is 0.330 e. The van der Waals surface area contributed by atoms with Crippen molar-refractivity contribution >= 4 is 17.6 Å². The molecular weight excluding hydrogens is 256 g/mol. The predicted octanol–water partition coefficient (Wildman–Crippen LogP) is 0.948. The molecule has 0 atom stereocenters. The van der Waals surface area contributed by atoms with E-state index in [1.807, 2.05) is 19.9 Å². The molecule has 0 aliphatic carbocycles. The first kappa shape index (κ1) is 14.2. The average molecular weight is 274 g/mol. The predicted molar refractivity (Wildman–Crippen MR) is 74.2 cm³/mol. The highest BCUT2D eigenvalue weighted by atomic mass is 16.2. The van der Waals surface area contributed by atoms with Gasteiger partial charge in [0.2, 0.25) is 0 Å². The lowest BCUT2D eigenvalue weighted by atomic mass is 10.1. The van der Waals surface area contributed by atoms with Gasteiger partial charge in [-0.1, -0.05) is 30.3 Å². The Bertz CT molecular complexity index is 525. The minimum Gasteiger partial charge on any atom is -0.330 e. The number of carbonyl (C=O) groups excluding carboxylic acids is 3. The Balaban J connectivity index is 2.03. The topological polar surface area (TPSA) is 57.7 Å². The van der Waals surface area contributed by atoms with E-state index in [9.17, 15) is 14.4 Å². The highest BCUT2D eigenvalue weighted by Crippen LogP contribution is 2.10. The summed E-state index contributed by atoms with van der Waals surface area (Å²) in [4.78, 5) is 38.8. The van der Waals surface area contributed by atoms with Gasteiger partial charge in [-0.2, -0.15) is 0 Å². The summed E-state index contributed by atoms with van der Waals surface area (Å²) in [6, 6.07) is 8.79. The molecule has 0 bridgehead atoms. The third kappa shape index (κ3) is 2.87. The van der Waals surface area contributed by atoms with Crippen molar-refractivity contribution in [1.82, 2.24) is 9.80 Å². The monoisotopic (exact) mass is 274 g/mol. The number of nitrogens with zero attached hydrogens (tertiary/aromatic N) is 2. The zero-order valence-electron chi connectivity index (χ0n) is 11.7. The molecule has 0 radical (unpaired) electrons. The first-order chi connectivity index (χ1) is 9.50. The van der Waals surface area contributed by atoms with Crippen molar-refractivity contribution in [3.05, 3.63) is 35.9 Å². The zero-order chi connectivity index (χ0) is 14.7. The lowest BCUT2D eigenvalue weighted by Gasteiger charge is -2.35. The normalized spacial score (nSPS) is 15.9. The van der Waals surface area contributed by atoms with Crippen LogP contribution in [0.1, 0.15) is 24.2 Å². The Kier molecular flexibility index (Phi) is 4.17. The Hall–Kier alpha value is -2.17. The van der Waals surface area contributed by atoms with E-state index in [1.165, 1.54) is 9.80 Å². The van der Waals surface area contributed by atoms with Crippen LogP contribution in [0.5, 0.6) is 0 Å². The van der Waals surface area contributed by atoms with E-state index in [0.29, 0.717) is 18.7 Å². The molecule has 1 aromatic carbocycles. The third-order valence-electron chi connectivity index (χ3n) is 3.40. The van der Waals surface area contributed by atoms with E-state index in [1.54, 1.807) is 24.3 Å². The summed E-state index contributed by atoms with van der Waals surface area (Å²) >= 11 is 0. The van der Waals surface area contributed by atoms with E-state index in [-0.39, 0.29) is 18.4 Å². The van der Waals surface area contributed by atoms with Gasteiger partial charge in [-0.3, -0.25) is 14.4 Å². The number of benzene rings is 1. The average Bonchev–Trinajstić information content (AvgIpc) is 2.44. The first-order valence-electron chi connectivity index (χ1n) is 6.69. The van der Waals surface area contributed by atoms with E-state index >= 15 is 0 Å². The van der Waals surface area contributed by atoms with E-state index in [2.05, 4.69) is 0 Å². The summed E-state index contributed by atoms with van der Waals surface area (Å²) < 4.78 is 0. The molecule has 1 heterocycles. The Morgan fingerprint density at radius 3 is 2.35 bits per heavy atom. The molecule has 0 N–H and O–H groups in total. The number of hydrogen-bond acceptors (Lipinski definition) is 3. The van der Waals surface area contributed by atoms with Crippen molar-refractivity contribution in [2.75, 3.05) is 19.6 Å². The molecule has 2 rings (SSSR count). The van der Waals surface area contributed by atoms with Gasteiger partial charge in [-0.15, -0.1) is 0 Å². The minimum atomic E-state index is -0.589. The van der Waals surface area contributed by atoms with E-state index in [4.69, 9.17) is 0 Å². The standard InChI is InChI=1S/C15H18N2O3/c1-11(2)17-9-8-16(14(19)15(17)20)10-13(18)12-6-4-3-5-7-12/h3-7,11H,8-10H2,1-2H3. The van der Waals surface area contributed by atoms with Gasteiger partial charge in [0.25, 0.3) is 0 Å². The van der Waals surface area contributed by atoms with Crippen LogP contribution in [0.2, 0.25) is 0 Å². The summed E-state index contributed by atoms with van der Waals surface area (Å²) in [6.45, 7) is 4.58. The zero-order valence-corrected chi connectivity index (χ0v) is 11.7. The summed E-state index contributed by atoms with van der Waals surface area (Å²) in [7, 11) is 0. The van der Waals surface area contributed by atoms with Crippen molar-refractivity contribution in [3.63, 3.8) is 0 Å². The molecule has 1 aliphatic heterocycles. The smallest absolute Gasteiger partial charge is 0.312 e. The molecule has 0 spiro atoms. The molecule has 106 valence electrons. The second-order valence-corrected chi connectivity index (χ2v) is 5.11. The van der Waals surface area contributed by atoms with Crippen molar-refractivity contribution in [2.45, 2.75) is 19.9 Å². The van der Waals surface area contributed by atoms with E-state index in [0.717, 1.165) is 0 Å². The second-order valence-electron chi connectivity index (χ2n) is 5.11. The number of ketones is 1. The molecule has 5 nitrogen and oxygen atoms in total. The van der Waals surface area contributed by atoms with Crippen LogP contribution in [0, 0.1) is 0 Å². The number of rotatable bonds is 4. The molecular formula is C15H18N2O3. The van der Waals surface area contributed by atoms with Gasteiger partial charge in [0.1, 0.15) is 0 Å². The maximum Gasteiger partial charge on any atom is 0.312 e. The third-order valence-corrected chi connectivity index (χ3v) is 3.40. The van der Waals surface area contributed by atoms with Crippen LogP contribution in [0.15, 0.2) is 30.3 Å². The maximum atomic E-state index is 12.1. The van der Waals surface area contributed by atoms with Gasteiger partial charge in [0.05, 0.1) is 6.54 Å². The lowest BCUT2D eigenvalue weighted by molar-refractivity contribution is -0.156. The van der Waals surface area contributed by atoms with Crippen LogP contribution in [0.4, 0.5) is 0 Å². The van der Waals surface area contributed by atoms with Crippen molar-refractivity contribution in [3.8, 4) is 0 Å². The van der Waals surface area contributed by atoms with Crippen LogP contribution >= 0.6 is 0 Å². The lowest BCUT2D eigenvalue weighted by Crippen LogP contribution is -2.57. The van der Waals surface area contributed by atoms with Gasteiger partial charge in [0, 0.05) is 24.7 Å². The fourth-order valence-corrected chi connectivity index (χ4v) is 2.22.